The largest absolute Gasteiger partial charge is 0.453 e. The van der Waals surface area contributed by atoms with Gasteiger partial charge >= 0.3 is 0 Å². The van der Waals surface area contributed by atoms with E-state index in [1.807, 2.05) is 54.6 Å². The molecule has 33 heavy (non-hydrogen) atoms. The van der Waals surface area contributed by atoms with Gasteiger partial charge in [0, 0.05) is 21.9 Å². The normalized spacial score (nSPS) is 11.0. The molecule has 0 N–H and O–H groups in total. The highest BCUT2D eigenvalue weighted by Gasteiger charge is 2.19. The fraction of sp³-hybridized carbons (Fsp3) is 0. The average Bonchev–Trinajstić information content (AvgIpc) is 3.29. The standard InChI is InChI=1S/C30H20N2O/c1-3-11-21(12-4-1)23-15-7-8-16-24(23)29-25-17-9-10-18-26(25)30(33-29)28-20-31-27(19-32-28)22-13-5-2-6-14-22/h1-20H. The molecule has 0 saturated heterocycles. The summed E-state index contributed by atoms with van der Waals surface area (Å²) in [5.41, 5.74) is 5.94. The van der Waals surface area contributed by atoms with E-state index in [4.69, 9.17) is 9.40 Å². The maximum Gasteiger partial charge on any atom is 0.162 e. The highest BCUT2D eigenvalue weighted by molar-refractivity contribution is 6.04. The van der Waals surface area contributed by atoms with Gasteiger partial charge in [0.15, 0.2) is 5.76 Å². The summed E-state index contributed by atoms with van der Waals surface area (Å²) >= 11 is 0. The van der Waals surface area contributed by atoms with E-state index in [2.05, 4.69) is 59.6 Å². The molecule has 6 aromatic rings. The Morgan fingerprint density at radius 2 is 0.939 bits per heavy atom. The predicted molar refractivity (Wildman–Crippen MR) is 134 cm³/mol. The molecule has 156 valence electrons. The first-order valence-electron chi connectivity index (χ1n) is 10.9. The Kier molecular flexibility index (Phi) is 4.78. The van der Waals surface area contributed by atoms with Crippen LogP contribution in [0.4, 0.5) is 0 Å². The Morgan fingerprint density at radius 1 is 0.424 bits per heavy atom. The minimum Gasteiger partial charge on any atom is -0.453 e. The second kappa shape index (κ2) is 8.21. The molecular weight excluding hydrogens is 404 g/mol. The smallest absolute Gasteiger partial charge is 0.162 e. The lowest BCUT2D eigenvalue weighted by Gasteiger charge is -2.08. The van der Waals surface area contributed by atoms with Gasteiger partial charge in [0.1, 0.15) is 11.5 Å². The van der Waals surface area contributed by atoms with Crippen LogP contribution in [0.25, 0.3) is 55.9 Å². The van der Waals surface area contributed by atoms with E-state index in [0.717, 1.165) is 50.2 Å². The molecule has 3 nitrogen and oxygen atoms in total. The first-order chi connectivity index (χ1) is 16.4. The van der Waals surface area contributed by atoms with E-state index < -0.39 is 0 Å². The van der Waals surface area contributed by atoms with E-state index in [9.17, 15) is 0 Å². The van der Waals surface area contributed by atoms with Crippen molar-refractivity contribution < 1.29 is 4.42 Å². The molecule has 0 fully saturated rings. The summed E-state index contributed by atoms with van der Waals surface area (Å²) in [6.45, 7) is 0. The van der Waals surface area contributed by atoms with Crippen LogP contribution in [0.2, 0.25) is 0 Å². The van der Waals surface area contributed by atoms with Crippen LogP contribution in [0.3, 0.4) is 0 Å². The molecular formula is C30H20N2O. The van der Waals surface area contributed by atoms with Crippen molar-refractivity contribution >= 4 is 10.8 Å². The van der Waals surface area contributed by atoms with Crippen LogP contribution in [0.5, 0.6) is 0 Å². The van der Waals surface area contributed by atoms with Crippen LogP contribution in [0, 0.1) is 0 Å². The topological polar surface area (TPSA) is 38.9 Å². The zero-order valence-electron chi connectivity index (χ0n) is 17.8. The summed E-state index contributed by atoms with van der Waals surface area (Å²) in [5.74, 6) is 1.57. The summed E-state index contributed by atoms with van der Waals surface area (Å²) in [4.78, 5) is 9.36. The average molecular weight is 425 g/mol. The van der Waals surface area contributed by atoms with Crippen molar-refractivity contribution in [1.82, 2.24) is 9.97 Å². The fourth-order valence-corrected chi connectivity index (χ4v) is 4.24. The van der Waals surface area contributed by atoms with Crippen molar-refractivity contribution in [1.29, 1.82) is 0 Å². The SMILES string of the molecule is c1ccc(-c2cnc(-c3oc(-c4ccccc4-c4ccccc4)c4ccccc34)cn2)cc1. The van der Waals surface area contributed by atoms with Crippen molar-refractivity contribution in [2.45, 2.75) is 0 Å². The molecule has 0 amide bonds. The second-order valence-electron chi connectivity index (χ2n) is 7.87. The highest BCUT2D eigenvalue weighted by Crippen LogP contribution is 2.41. The molecule has 2 aromatic heterocycles. The molecule has 0 unspecified atom stereocenters. The summed E-state index contributed by atoms with van der Waals surface area (Å²) in [6, 6.07) is 37.1. The number of hydrogen-bond donors (Lipinski definition) is 0. The minimum absolute atomic E-state index is 0.717. The van der Waals surface area contributed by atoms with Crippen molar-refractivity contribution in [2.24, 2.45) is 0 Å². The number of rotatable bonds is 4. The molecule has 0 saturated carbocycles. The van der Waals surface area contributed by atoms with E-state index in [1.54, 1.807) is 12.4 Å². The van der Waals surface area contributed by atoms with Crippen molar-refractivity contribution in [3.63, 3.8) is 0 Å². The van der Waals surface area contributed by atoms with E-state index in [1.165, 1.54) is 0 Å². The number of furan rings is 1. The molecule has 0 spiro atoms. The lowest BCUT2D eigenvalue weighted by atomic mass is 9.96. The molecule has 4 aromatic carbocycles. The molecule has 0 aliphatic heterocycles. The summed E-state index contributed by atoms with van der Waals surface area (Å²) in [5, 5.41) is 2.09. The Labute approximate surface area is 192 Å². The Bertz CT molecular complexity index is 1540. The molecule has 2 heterocycles. The second-order valence-corrected chi connectivity index (χ2v) is 7.87. The van der Waals surface area contributed by atoms with Gasteiger partial charge in [-0.1, -0.05) is 109 Å². The molecule has 6 rings (SSSR count). The number of aromatic nitrogens is 2. The van der Waals surface area contributed by atoms with Gasteiger partial charge in [0.25, 0.3) is 0 Å². The summed E-state index contributed by atoms with van der Waals surface area (Å²) in [7, 11) is 0. The number of hydrogen-bond acceptors (Lipinski definition) is 3. The quantitative estimate of drug-likeness (QED) is 0.289. The highest BCUT2D eigenvalue weighted by atomic mass is 16.3. The van der Waals surface area contributed by atoms with Crippen LogP contribution in [-0.2, 0) is 0 Å². The van der Waals surface area contributed by atoms with Crippen LogP contribution >= 0.6 is 0 Å². The maximum atomic E-state index is 6.54. The van der Waals surface area contributed by atoms with Crippen LogP contribution in [0.15, 0.2) is 126 Å². The minimum atomic E-state index is 0.717. The van der Waals surface area contributed by atoms with Crippen LogP contribution in [-0.4, -0.2) is 9.97 Å². The summed E-state index contributed by atoms with van der Waals surface area (Å²) in [6.07, 6.45) is 3.60. The van der Waals surface area contributed by atoms with Gasteiger partial charge < -0.3 is 4.42 Å². The Hall–Kier alpha value is -4.50. The molecule has 0 atom stereocenters. The molecule has 3 heteroatoms. The zero-order chi connectivity index (χ0) is 22.0. The van der Waals surface area contributed by atoms with Gasteiger partial charge in [-0.25, -0.2) is 4.98 Å². The van der Waals surface area contributed by atoms with Crippen LogP contribution in [0.1, 0.15) is 0 Å². The number of benzene rings is 4. The lowest BCUT2D eigenvalue weighted by molar-refractivity contribution is 0.599. The Morgan fingerprint density at radius 3 is 1.61 bits per heavy atom. The van der Waals surface area contributed by atoms with Gasteiger partial charge in [0.05, 0.1) is 18.1 Å². The molecule has 0 aliphatic carbocycles. The Balaban J connectivity index is 1.50. The van der Waals surface area contributed by atoms with Crippen molar-refractivity contribution in [3.8, 4) is 45.2 Å². The lowest BCUT2D eigenvalue weighted by Crippen LogP contribution is -1.88. The van der Waals surface area contributed by atoms with Gasteiger partial charge in [-0.2, -0.15) is 0 Å². The first kappa shape index (κ1) is 19.2. The van der Waals surface area contributed by atoms with Crippen molar-refractivity contribution in [2.75, 3.05) is 0 Å². The first-order valence-corrected chi connectivity index (χ1v) is 10.9. The predicted octanol–water partition coefficient (Wildman–Crippen LogP) is 7.89. The molecule has 0 radical (unpaired) electrons. The summed E-state index contributed by atoms with van der Waals surface area (Å²) < 4.78 is 6.54. The van der Waals surface area contributed by atoms with E-state index >= 15 is 0 Å². The van der Waals surface area contributed by atoms with Crippen molar-refractivity contribution in [3.05, 3.63) is 122 Å². The zero-order valence-corrected chi connectivity index (χ0v) is 17.8. The van der Waals surface area contributed by atoms with Crippen LogP contribution < -0.4 is 0 Å². The molecule has 0 aliphatic rings. The third-order valence-electron chi connectivity index (χ3n) is 5.83. The maximum absolute atomic E-state index is 6.54. The van der Waals surface area contributed by atoms with Gasteiger partial charge in [0.2, 0.25) is 0 Å². The van der Waals surface area contributed by atoms with E-state index in [-0.39, 0.29) is 0 Å². The number of nitrogens with zero attached hydrogens (tertiary/aromatic N) is 2. The monoisotopic (exact) mass is 424 g/mol. The fourth-order valence-electron chi connectivity index (χ4n) is 4.24. The third-order valence-corrected chi connectivity index (χ3v) is 5.83. The van der Waals surface area contributed by atoms with E-state index in [0.29, 0.717) is 5.69 Å². The van der Waals surface area contributed by atoms with Gasteiger partial charge in [-0.15, -0.1) is 0 Å². The molecule has 0 bridgehead atoms. The van der Waals surface area contributed by atoms with Gasteiger partial charge in [-0.05, 0) is 11.1 Å². The third kappa shape index (κ3) is 3.50. The number of fused-ring (bicyclic) bond motifs is 1. The van der Waals surface area contributed by atoms with Gasteiger partial charge in [-0.3, -0.25) is 4.98 Å².